The number of benzene rings is 2. The van der Waals surface area contributed by atoms with Crippen LogP contribution < -0.4 is 16.2 Å². The van der Waals surface area contributed by atoms with Crippen LogP contribution in [0.1, 0.15) is 40.0 Å². The molecule has 9 nitrogen and oxygen atoms in total. The van der Waals surface area contributed by atoms with Crippen LogP contribution in [-0.2, 0) is 6.54 Å². The van der Waals surface area contributed by atoms with Gasteiger partial charge in [0.25, 0.3) is 5.56 Å². The summed E-state index contributed by atoms with van der Waals surface area (Å²) in [5, 5.41) is 18.4. The Morgan fingerprint density at radius 3 is 2.61 bits per heavy atom. The van der Waals surface area contributed by atoms with E-state index >= 15 is 0 Å². The molecule has 1 atom stereocenters. The molecule has 0 bridgehead atoms. The zero-order chi connectivity index (χ0) is 25.7. The maximum absolute atomic E-state index is 13.3. The zero-order valence-corrected chi connectivity index (χ0v) is 20.0. The number of aryl methyl sites for hydroxylation is 1. The lowest BCUT2D eigenvalue weighted by Gasteiger charge is -2.33. The largest absolute Gasteiger partial charge is 0.478 e. The van der Waals surface area contributed by atoms with Gasteiger partial charge in [-0.1, -0.05) is 36.4 Å². The van der Waals surface area contributed by atoms with E-state index in [1.807, 2.05) is 31.2 Å². The fourth-order valence-corrected chi connectivity index (χ4v) is 4.32. The number of rotatable bonds is 4. The van der Waals surface area contributed by atoms with E-state index in [1.165, 1.54) is 0 Å². The first-order chi connectivity index (χ1) is 17.4. The normalized spacial score (nSPS) is 15.1. The molecule has 2 aromatic carbocycles. The van der Waals surface area contributed by atoms with Crippen LogP contribution in [0.5, 0.6) is 0 Å². The van der Waals surface area contributed by atoms with Gasteiger partial charge >= 0.3 is 5.97 Å². The summed E-state index contributed by atoms with van der Waals surface area (Å²) in [6, 6.07) is 19.7. The lowest BCUT2D eigenvalue weighted by Crippen LogP contribution is -2.45. The Bertz CT molecular complexity index is 1470. The Hall–Kier alpha value is -4.42. The Kier molecular flexibility index (Phi) is 7.47. The number of nitrogens with one attached hydrogen (secondary N) is 1. The van der Waals surface area contributed by atoms with Gasteiger partial charge in [-0.2, -0.15) is 10.2 Å². The summed E-state index contributed by atoms with van der Waals surface area (Å²) >= 11 is 0. The summed E-state index contributed by atoms with van der Waals surface area (Å²) in [4.78, 5) is 33.5. The number of carboxylic acid groups (broad SMARTS) is 1. The highest BCUT2D eigenvalue weighted by molar-refractivity contribution is 5.87. The molecule has 3 heterocycles. The van der Waals surface area contributed by atoms with Crippen LogP contribution in [0.3, 0.4) is 0 Å². The van der Waals surface area contributed by atoms with Gasteiger partial charge in [0.1, 0.15) is 5.65 Å². The van der Waals surface area contributed by atoms with Gasteiger partial charge in [0.2, 0.25) is 5.95 Å². The van der Waals surface area contributed by atoms with Gasteiger partial charge in [0.15, 0.2) is 0 Å². The minimum absolute atomic E-state index is 0.0663. The predicted molar refractivity (Wildman–Crippen MR) is 138 cm³/mol. The predicted octanol–water partition coefficient (Wildman–Crippen LogP) is 3.27. The van der Waals surface area contributed by atoms with E-state index in [0.717, 1.165) is 30.6 Å². The molecule has 36 heavy (non-hydrogen) atoms. The fourth-order valence-electron chi connectivity index (χ4n) is 4.32. The number of piperidine rings is 1. The van der Waals surface area contributed by atoms with Gasteiger partial charge in [0, 0.05) is 24.8 Å². The average Bonchev–Trinajstić information content (AvgIpc) is 3.27. The van der Waals surface area contributed by atoms with Crippen molar-refractivity contribution in [2.75, 3.05) is 18.0 Å². The topological polar surface area (TPSA) is 141 Å². The molecule has 9 heteroatoms. The summed E-state index contributed by atoms with van der Waals surface area (Å²) < 4.78 is 1.67. The molecule has 1 aliphatic heterocycles. The van der Waals surface area contributed by atoms with Crippen molar-refractivity contribution in [1.82, 2.24) is 14.5 Å². The number of aromatic amines is 1. The first kappa shape index (κ1) is 24.7. The lowest BCUT2D eigenvalue weighted by molar-refractivity contribution is 0.0697. The number of anilines is 1. The minimum atomic E-state index is -0.879. The fraction of sp³-hybridized carbons (Fsp3) is 0.259. The highest BCUT2D eigenvalue weighted by Gasteiger charge is 2.23. The number of fused-ring (bicyclic) bond motifs is 1. The minimum Gasteiger partial charge on any atom is -0.478 e. The van der Waals surface area contributed by atoms with Crippen molar-refractivity contribution in [2.45, 2.75) is 32.4 Å². The monoisotopic (exact) mass is 484 g/mol. The van der Waals surface area contributed by atoms with Crippen LogP contribution in [0.25, 0.3) is 11.0 Å². The quantitative estimate of drug-likeness (QED) is 0.404. The maximum atomic E-state index is 13.3. The Balaban J connectivity index is 0.000000286. The van der Waals surface area contributed by atoms with Crippen molar-refractivity contribution in [1.29, 1.82) is 5.26 Å². The molecule has 0 radical (unpaired) electrons. The third-order valence-corrected chi connectivity index (χ3v) is 6.09. The second-order valence-electron chi connectivity index (χ2n) is 8.81. The van der Waals surface area contributed by atoms with Crippen LogP contribution in [0.4, 0.5) is 5.95 Å². The number of H-pyrrole nitrogens is 1. The van der Waals surface area contributed by atoms with E-state index in [0.29, 0.717) is 41.2 Å². The average molecular weight is 485 g/mol. The number of carboxylic acids is 1. The summed E-state index contributed by atoms with van der Waals surface area (Å²) in [5.74, 6) is -0.271. The van der Waals surface area contributed by atoms with Crippen molar-refractivity contribution in [3.05, 3.63) is 93.4 Å². The van der Waals surface area contributed by atoms with Crippen LogP contribution in [0.2, 0.25) is 0 Å². The highest BCUT2D eigenvalue weighted by Crippen LogP contribution is 2.21. The first-order valence-electron chi connectivity index (χ1n) is 11.7. The van der Waals surface area contributed by atoms with E-state index in [1.54, 1.807) is 41.0 Å². The molecule has 1 aliphatic rings. The number of nitriles is 1. The molecule has 1 saturated heterocycles. The molecule has 184 valence electrons. The number of hydrogen-bond donors (Lipinski definition) is 3. The number of carbonyl (C=O) groups is 1. The van der Waals surface area contributed by atoms with Crippen molar-refractivity contribution < 1.29 is 9.90 Å². The smallest absolute Gasteiger partial charge is 0.335 e. The highest BCUT2D eigenvalue weighted by atomic mass is 16.4. The number of hydrogen-bond acceptors (Lipinski definition) is 6. The Morgan fingerprint density at radius 2 is 1.94 bits per heavy atom. The standard InChI is InChI=1S/C20H22N6O.C7H6O2/c1-13-9-17-18(23-13)24-20(25-8-4-7-16(22)12-25)26(19(17)27)11-15-6-3-2-5-14(15)10-21;8-7(9)6-4-2-1-3-5-6/h2-3,5-6,9,16,23H,4,7-8,11-12,22H2,1H3;1-5H,(H,8,9)/t16-;/m1./s1. The molecular weight excluding hydrogens is 456 g/mol. The zero-order valence-electron chi connectivity index (χ0n) is 20.0. The number of nitrogens with two attached hydrogens (primary N) is 1. The van der Waals surface area contributed by atoms with Crippen molar-refractivity contribution >= 4 is 23.0 Å². The van der Waals surface area contributed by atoms with E-state index in [2.05, 4.69) is 16.0 Å². The van der Waals surface area contributed by atoms with E-state index in [-0.39, 0.29) is 11.6 Å². The summed E-state index contributed by atoms with van der Waals surface area (Å²) in [6.45, 7) is 3.69. The third kappa shape index (κ3) is 5.45. The number of aromatic carboxylic acids is 1. The van der Waals surface area contributed by atoms with Crippen molar-refractivity contribution in [2.24, 2.45) is 5.73 Å². The molecule has 0 amide bonds. The maximum Gasteiger partial charge on any atom is 0.335 e. The summed E-state index contributed by atoms with van der Waals surface area (Å²) in [6.07, 6.45) is 1.94. The van der Waals surface area contributed by atoms with Gasteiger partial charge < -0.3 is 20.7 Å². The van der Waals surface area contributed by atoms with Crippen LogP contribution in [0, 0.1) is 18.3 Å². The van der Waals surface area contributed by atoms with Crippen molar-refractivity contribution in [3.63, 3.8) is 0 Å². The summed E-state index contributed by atoms with van der Waals surface area (Å²) in [7, 11) is 0. The van der Waals surface area contributed by atoms with Gasteiger partial charge in [0.05, 0.1) is 29.1 Å². The molecule has 0 saturated carbocycles. The Morgan fingerprint density at radius 1 is 1.22 bits per heavy atom. The van der Waals surface area contributed by atoms with Gasteiger partial charge in [-0.3, -0.25) is 9.36 Å². The number of nitrogens with zero attached hydrogens (tertiary/aromatic N) is 4. The number of aromatic nitrogens is 3. The van der Waals surface area contributed by atoms with Crippen molar-refractivity contribution in [3.8, 4) is 6.07 Å². The molecule has 4 aromatic rings. The SMILES string of the molecule is Cc1cc2c(=O)n(Cc3ccccc3C#N)c(N3CCC[C@@H](N)C3)nc2[nH]1.O=C(O)c1ccccc1. The lowest BCUT2D eigenvalue weighted by atomic mass is 10.1. The van der Waals surface area contributed by atoms with E-state index in [9.17, 15) is 14.9 Å². The molecule has 4 N–H and O–H groups in total. The molecule has 5 rings (SSSR count). The van der Waals surface area contributed by atoms with Gasteiger partial charge in [-0.15, -0.1) is 0 Å². The molecule has 1 fully saturated rings. The van der Waals surface area contributed by atoms with E-state index in [4.69, 9.17) is 15.8 Å². The second-order valence-corrected chi connectivity index (χ2v) is 8.81. The molecule has 0 unspecified atom stereocenters. The molecular formula is C27H28N6O3. The first-order valence-corrected chi connectivity index (χ1v) is 11.7. The summed E-state index contributed by atoms with van der Waals surface area (Å²) in [5.41, 5.74) is 9.24. The van der Waals surface area contributed by atoms with Gasteiger partial charge in [-0.05, 0) is 49.6 Å². The second kappa shape index (κ2) is 10.9. The van der Waals surface area contributed by atoms with Crippen LogP contribution >= 0.6 is 0 Å². The third-order valence-electron chi connectivity index (χ3n) is 6.09. The van der Waals surface area contributed by atoms with Crippen LogP contribution in [0.15, 0.2) is 65.5 Å². The Labute approximate surface area is 208 Å². The molecule has 2 aromatic heterocycles. The van der Waals surface area contributed by atoms with E-state index < -0.39 is 5.97 Å². The van der Waals surface area contributed by atoms with Gasteiger partial charge in [-0.25, -0.2) is 4.79 Å². The van der Waals surface area contributed by atoms with Crippen LogP contribution in [-0.4, -0.2) is 44.7 Å². The molecule has 0 aliphatic carbocycles. The molecule has 0 spiro atoms.